The average molecular weight is 283 g/mol. The Hall–Kier alpha value is -1.50. The number of pyridine rings is 1. The number of rotatable bonds is 3. The first-order chi connectivity index (χ1) is 8.88. The van der Waals surface area contributed by atoms with Gasteiger partial charge in [-0.05, 0) is 12.1 Å². The van der Waals surface area contributed by atoms with Crippen LogP contribution in [0.1, 0.15) is 11.8 Å². The largest absolute Gasteiger partial charge is 0.396 e. The van der Waals surface area contributed by atoms with Crippen LogP contribution in [0.4, 0.5) is 0 Å². The van der Waals surface area contributed by atoms with E-state index >= 15 is 0 Å². The number of aliphatic hydroxyl groups excluding tert-OH is 1. The molecule has 0 aromatic carbocycles. The highest BCUT2D eigenvalue weighted by atomic mass is 35.5. The minimum absolute atomic E-state index is 0. The molecule has 1 saturated heterocycles. The molecule has 0 amide bonds. The topological polar surface area (TPSA) is 84.1 Å². The van der Waals surface area contributed by atoms with E-state index in [0.29, 0.717) is 11.7 Å². The summed E-state index contributed by atoms with van der Waals surface area (Å²) >= 11 is 0. The number of hydrogen-bond donors (Lipinski definition) is 2. The lowest BCUT2D eigenvalue weighted by Crippen LogP contribution is -2.15. The van der Waals surface area contributed by atoms with Gasteiger partial charge >= 0.3 is 0 Å². The van der Waals surface area contributed by atoms with Crippen molar-refractivity contribution in [1.82, 2.24) is 20.4 Å². The maximum absolute atomic E-state index is 9.28. The van der Waals surface area contributed by atoms with Gasteiger partial charge in [0, 0.05) is 43.6 Å². The fraction of sp³-hybridized carbons (Fsp3) is 0.417. The molecule has 7 heteroatoms. The number of aliphatic hydroxyl groups is 1. The van der Waals surface area contributed by atoms with Gasteiger partial charge in [0.05, 0.1) is 5.92 Å². The first kappa shape index (κ1) is 13.9. The molecule has 1 aliphatic heterocycles. The molecular weight excluding hydrogens is 268 g/mol. The van der Waals surface area contributed by atoms with Crippen LogP contribution in [0, 0.1) is 5.92 Å². The van der Waals surface area contributed by atoms with Crippen molar-refractivity contribution in [3.8, 4) is 11.4 Å². The van der Waals surface area contributed by atoms with Gasteiger partial charge in [0.1, 0.15) is 0 Å². The summed E-state index contributed by atoms with van der Waals surface area (Å²) in [6, 6.07) is 3.68. The van der Waals surface area contributed by atoms with Gasteiger partial charge in [-0.3, -0.25) is 4.98 Å². The van der Waals surface area contributed by atoms with E-state index in [1.54, 1.807) is 12.4 Å². The minimum atomic E-state index is 0. The molecule has 1 fully saturated rings. The fourth-order valence-corrected chi connectivity index (χ4v) is 2.22. The number of halogens is 1. The Morgan fingerprint density at radius 1 is 1.32 bits per heavy atom. The summed E-state index contributed by atoms with van der Waals surface area (Å²) in [5, 5.41) is 16.5. The third-order valence-electron chi connectivity index (χ3n) is 3.27. The van der Waals surface area contributed by atoms with Crippen LogP contribution < -0.4 is 5.32 Å². The number of nitrogens with one attached hydrogen (secondary N) is 1. The van der Waals surface area contributed by atoms with Crippen molar-refractivity contribution in [2.75, 3.05) is 19.7 Å². The van der Waals surface area contributed by atoms with Crippen LogP contribution in [0.2, 0.25) is 0 Å². The predicted molar refractivity (Wildman–Crippen MR) is 71.0 cm³/mol. The van der Waals surface area contributed by atoms with Crippen molar-refractivity contribution >= 4 is 12.4 Å². The third-order valence-corrected chi connectivity index (χ3v) is 3.27. The second-order valence-electron chi connectivity index (χ2n) is 4.40. The first-order valence-electron chi connectivity index (χ1n) is 5.94. The van der Waals surface area contributed by atoms with E-state index in [1.165, 1.54) is 0 Å². The Morgan fingerprint density at radius 2 is 2.11 bits per heavy atom. The Bertz CT molecular complexity index is 519. The van der Waals surface area contributed by atoms with E-state index < -0.39 is 0 Å². The molecule has 19 heavy (non-hydrogen) atoms. The molecule has 3 rings (SSSR count). The van der Waals surface area contributed by atoms with Gasteiger partial charge < -0.3 is 14.9 Å². The van der Waals surface area contributed by atoms with Crippen molar-refractivity contribution < 1.29 is 9.63 Å². The zero-order valence-electron chi connectivity index (χ0n) is 10.2. The second kappa shape index (κ2) is 6.10. The molecule has 1 aliphatic rings. The standard InChI is InChI=1S/C12H14N4O2.ClH/c17-7-9-5-14-6-10(9)12-15-11(16-18-12)8-1-3-13-4-2-8;/h1-4,9-10,14,17H,5-7H2;1H. The van der Waals surface area contributed by atoms with Gasteiger partial charge in [-0.15, -0.1) is 12.4 Å². The third kappa shape index (κ3) is 2.75. The van der Waals surface area contributed by atoms with Gasteiger partial charge in [0.15, 0.2) is 0 Å². The van der Waals surface area contributed by atoms with Crippen molar-refractivity contribution in [3.63, 3.8) is 0 Å². The van der Waals surface area contributed by atoms with E-state index in [2.05, 4.69) is 20.4 Å². The van der Waals surface area contributed by atoms with Gasteiger partial charge in [-0.25, -0.2) is 0 Å². The Kier molecular flexibility index (Phi) is 4.47. The van der Waals surface area contributed by atoms with Gasteiger partial charge in [0.2, 0.25) is 11.7 Å². The lowest BCUT2D eigenvalue weighted by molar-refractivity contribution is 0.211. The molecule has 0 spiro atoms. The molecule has 2 unspecified atom stereocenters. The van der Waals surface area contributed by atoms with Crippen LogP contribution >= 0.6 is 12.4 Å². The van der Waals surface area contributed by atoms with Crippen LogP contribution in [0.3, 0.4) is 0 Å². The lowest BCUT2D eigenvalue weighted by Gasteiger charge is -2.10. The zero-order chi connectivity index (χ0) is 12.4. The van der Waals surface area contributed by atoms with E-state index in [0.717, 1.165) is 18.7 Å². The molecule has 2 N–H and O–H groups in total. The van der Waals surface area contributed by atoms with Crippen LogP contribution in [-0.4, -0.2) is 39.9 Å². The summed E-state index contributed by atoms with van der Waals surface area (Å²) < 4.78 is 5.30. The van der Waals surface area contributed by atoms with Gasteiger partial charge in [0.25, 0.3) is 0 Å². The molecule has 0 bridgehead atoms. The maximum atomic E-state index is 9.28. The Morgan fingerprint density at radius 3 is 2.84 bits per heavy atom. The molecule has 0 saturated carbocycles. The van der Waals surface area contributed by atoms with E-state index in [-0.39, 0.29) is 30.8 Å². The second-order valence-corrected chi connectivity index (χ2v) is 4.40. The van der Waals surface area contributed by atoms with Crippen molar-refractivity contribution in [2.45, 2.75) is 5.92 Å². The molecule has 0 aliphatic carbocycles. The van der Waals surface area contributed by atoms with E-state index in [4.69, 9.17) is 4.52 Å². The molecule has 2 atom stereocenters. The normalized spacial score (nSPS) is 22.2. The summed E-state index contributed by atoms with van der Waals surface area (Å²) in [5.41, 5.74) is 0.881. The van der Waals surface area contributed by atoms with Gasteiger partial charge in [-0.2, -0.15) is 4.98 Å². The average Bonchev–Trinajstić information content (AvgIpc) is 3.08. The van der Waals surface area contributed by atoms with Crippen molar-refractivity contribution in [3.05, 3.63) is 30.4 Å². The molecule has 2 aromatic rings. The summed E-state index contributed by atoms with van der Waals surface area (Å²) in [5.74, 6) is 1.40. The van der Waals surface area contributed by atoms with Gasteiger partial charge in [-0.1, -0.05) is 5.16 Å². The Balaban J connectivity index is 0.00000133. The monoisotopic (exact) mass is 282 g/mol. The summed E-state index contributed by atoms with van der Waals surface area (Å²) in [7, 11) is 0. The zero-order valence-corrected chi connectivity index (χ0v) is 11.0. The lowest BCUT2D eigenvalue weighted by atomic mass is 9.97. The van der Waals surface area contributed by atoms with Crippen molar-refractivity contribution in [1.29, 1.82) is 0 Å². The SMILES string of the molecule is Cl.OCC1CNCC1c1nc(-c2ccncc2)no1. The quantitative estimate of drug-likeness (QED) is 0.868. The van der Waals surface area contributed by atoms with Crippen LogP contribution in [0.5, 0.6) is 0 Å². The van der Waals surface area contributed by atoms with Crippen molar-refractivity contribution in [2.24, 2.45) is 5.92 Å². The summed E-state index contributed by atoms with van der Waals surface area (Å²) in [6.45, 7) is 1.68. The molecule has 102 valence electrons. The molecule has 3 heterocycles. The van der Waals surface area contributed by atoms with Crippen LogP contribution in [0.15, 0.2) is 29.0 Å². The van der Waals surface area contributed by atoms with E-state index in [1.807, 2.05) is 12.1 Å². The van der Waals surface area contributed by atoms with E-state index in [9.17, 15) is 5.11 Å². The minimum Gasteiger partial charge on any atom is -0.396 e. The highest BCUT2D eigenvalue weighted by Gasteiger charge is 2.32. The van der Waals surface area contributed by atoms with Crippen LogP contribution in [-0.2, 0) is 0 Å². The molecule has 2 aromatic heterocycles. The number of hydrogen-bond acceptors (Lipinski definition) is 6. The summed E-state index contributed by atoms with van der Waals surface area (Å²) in [4.78, 5) is 8.36. The number of aromatic nitrogens is 3. The highest BCUT2D eigenvalue weighted by molar-refractivity contribution is 5.85. The molecular formula is C12H15ClN4O2. The first-order valence-corrected chi connectivity index (χ1v) is 5.94. The summed E-state index contributed by atoms with van der Waals surface area (Å²) in [6.07, 6.45) is 3.39. The Labute approximate surface area is 116 Å². The molecule has 6 nitrogen and oxygen atoms in total. The predicted octanol–water partition coefficient (Wildman–Crippen LogP) is 0.849. The molecule has 0 radical (unpaired) electrons. The van der Waals surface area contributed by atoms with Crippen LogP contribution in [0.25, 0.3) is 11.4 Å². The highest BCUT2D eigenvalue weighted by Crippen LogP contribution is 2.27. The fourth-order valence-electron chi connectivity index (χ4n) is 2.22. The maximum Gasteiger partial charge on any atom is 0.231 e. The number of nitrogens with zero attached hydrogens (tertiary/aromatic N) is 3. The smallest absolute Gasteiger partial charge is 0.231 e.